The smallest absolute Gasteiger partial charge is 0.269 e. The Morgan fingerprint density at radius 1 is 1.16 bits per heavy atom. The third-order valence-corrected chi connectivity index (χ3v) is 5.70. The third-order valence-electron chi connectivity index (χ3n) is 5.70. The van der Waals surface area contributed by atoms with Crippen molar-refractivity contribution in [2.45, 2.75) is 39.0 Å². The van der Waals surface area contributed by atoms with Gasteiger partial charge in [-0.25, -0.2) is 4.98 Å². The predicted molar refractivity (Wildman–Crippen MR) is 116 cm³/mol. The van der Waals surface area contributed by atoms with Gasteiger partial charge in [0.25, 0.3) is 5.69 Å². The lowest BCUT2D eigenvalue weighted by Gasteiger charge is -2.34. The van der Waals surface area contributed by atoms with E-state index in [2.05, 4.69) is 15.3 Å². The van der Waals surface area contributed by atoms with Gasteiger partial charge in [0.15, 0.2) is 5.78 Å². The summed E-state index contributed by atoms with van der Waals surface area (Å²) in [4.78, 5) is 46.1. The second-order valence-electron chi connectivity index (χ2n) is 7.85. The van der Waals surface area contributed by atoms with Crippen LogP contribution in [0.15, 0.2) is 58.7 Å². The van der Waals surface area contributed by atoms with Gasteiger partial charge in [-0.1, -0.05) is 18.2 Å². The van der Waals surface area contributed by atoms with Crippen molar-refractivity contribution in [3.05, 3.63) is 75.1 Å². The monoisotopic (exact) mass is 418 g/mol. The van der Waals surface area contributed by atoms with E-state index in [0.29, 0.717) is 47.6 Å². The molecule has 0 spiro atoms. The topological polar surface area (TPSA) is 115 Å². The van der Waals surface area contributed by atoms with Crippen molar-refractivity contribution in [3.8, 4) is 0 Å². The first-order valence-corrected chi connectivity index (χ1v) is 10.2. The number of nitro benzene ring substituents is 1. The molecule has 0 fully saturated rings. The van der Waals surface area contributed by atoms with Crippen molar-refractivity contribution >= 4 is 28.9 Å². The van der Waals surface area contributed by atoms with Crippen LogP contribution in [-0.2, 0) is 9.59 Å². The van der Waals surface area contributed by atoms with Crippen LogP contribution in [0.2, 0.25) is 0 Å². The van der Waals surface area contributed by atoms with Crippen LogP contribution < -0.4 is 5.32 Å². The Labute approximate surface area is 179 Å². The SMILES string of the molecule is CC1=NC2=C(C(=O)CCC2)[C@H](c2cccc([N+](=O)[O-])c2)C1C(=O)Nc1cccc(C)n1. The number of pyridine rings is 1. The molecular weight excluding hydrogens is 396 g/mol. The molecule has 8 nitrogen and oxygen atoms in total. The van der Waals surface area contributed by atoms with E-state index in [1.54, 1.807) is 31.2 Å². The molecule has 0 radical (unpaired) electrons. The standard InChI is InChI=1S/C23H22N4O4/c1-13-6-3-11-19(24-13)26-23(29)20-14(2)25-17-9-5-10-18(28)22(17)21(20)15-7-4-8-16(12-15)27(30)31/h3-4,6-8,11-12,20-21H,5,9-10H2,1-2H3,(H,24,26,29)/t20?,21-/m1/s1. The zero-order chi connectivity index (χ0) is 22.1. The van der Waals surface area contributed by atoms with Crippen LogP contribution in [0.4, 0.5) is 11.5 Å². The summed E-state index contributed by atoms with van der Waals surface area (Å²) in [7, 11) is 0. The van der Waals surface area contributed by atoms with E-state index in [9.17, 15) is 19.7 Å². The first-order chi connectivity index (χ1) is 14.8. The molecule has 2 aromatic rings. The number of aliphatic imine (C=N–C) groups is 1. The lowest BCUT2D eigenvalue weighted by molar-refractivity contribution is -0.384. The number of rotatable bonds is 4. The highest BCUT2D eigenvalue weighted by Crippen LogP contribution is 2.44. The minimum Gasteiger partial charge on any atom is -0.310 e. The van der Waals surface area contributed by atoms with Crippen molar-refractivity contribution in [1.29, 1.82) is 0 Å². The van der Waals surface area contributed by atoms with Gasteiger partial charge in [0.2, 0.25) is 5.91 Å². The first kappa shape index (κ1) is 20.6. The summed E-state index contributed by atoms with van der Waals surface area (Å²) < 4.78 is 0. The Hall–Kier alpha value is -3.68. The van der Waals surface area contributed by atoms with Gasteiger partial charge in [0.1, 0.15) is 5.82 Å². The second-order valence-corrected chi connectivity index (χ2v) is 7.85. The maximum Gasteiger partial charge on any atom is 0.269 e. The molecule has 0 saturated carbocycles. The maximum atomic E-state index is 13.4. The summed E-state index contributed by atoms with van der Waals surface area (Å²) in [5.41, 5.74) is 2.99. The molecule has 31 heavy (non-hydrogen) atoms. The number of nitrogens with one attached hydrogen (secondary N) is 1. The van der Waals surface area contributed by atoms with Gasteiger partial charge in [0.05, 0.1) is 10.8 Å². The summed E-state index contributed by atoms with van der Waals surface area (Å²) in [6, 6.07) is 11.5. The van der Waals surface area contributed by atoms with Crippen LogP contribution >= 0.6 is 0 Å². The average molecular weight is 418 g/mol. The zero-order valence-electron chi connectivity index (χ0n) is 17.3. The van der Waals surface area contributed by atoms with Gasteiger partial charge in [-0.3, -0.25) is 24.7 Å². The number of anilines is 1. The Morgan fingerprint density at radius 3 is 2.68 bits per heavy atom. The Kier molecular flexibility index (Phi) is 5.46. The highest BCUT2D eigenvalue weighted by atomic mass is 16.6. The van der Waals surface area contributed by atoms with Crippen LogP contribution in [0.25, 0.3) is 0 Å². The molecule has 1 aromatic carbocycles. The number of nitrogens with zero attached hydrogens (tertiary/aromatic N) is 3. The fourth-order valence-corrected chi connectivity index (χ4v) is 4.35. The van der Waals surface area contributed by atoms with Crippen molar-refractivity contribution in [2.24, 2.45) is 10.9 Å². The van der Waals surface area contributed by atoms with E-state index in [4.69, 9.17) is 0 Å². The van der Waals surface area contributed by atoms with Crippen molar-refractivity contribution in [1.82, 2.24) is 4.98 Å². The lowest BCUT2D eigenvalue weighted by Crippen LogP contribution is -2.39. The first-order valence-electron chi connectivity index (χ1n) is 10.2. The van der Waals surface area contributed by atoms with Crippen LogP contribution in [0, 0.1) is 23.0 Å². The van der Waals surface area contributed by atoms with Crippen molar-refractivity contribution < 1.29 is 14.5 Å². The molecule has 1 aliphatic heterocycles. The largest absolute Gasteiger partial charge is 0.310 e. The van der Waals surface area contributed by atoms with Gasteiger partial charge in [-0.15, -0.1) is 0 Å². The number of carbonyl (C=O) groups is 2. The molecule has 8 heteroatoms. The molecule has 2 aliphatic rings. The number of aryl methyl sites for hydroxylation is 1. The molecule has 1 aromatic heterocycles. The predicted octanol–water partition coefficient (Wildman–Crippen LogP) is 4.12. The highest BCUT2D eigenvalue weighted by molar-refractivity contribution is 6.13. The number of hydrogen-bond acceptors (Lipinski definition) is 6. The molecule has 4 rings (SSSR count). The number of ketones is 1. The zero-order valence-corrected chi connectivity index (χ0v) is 17.3. The minimum atomic E-state index is -0.773. The van der Waals surface area contributed by atoms with Gasteiger partial charge in [-0.05, 0) is 44.4 Å². The molecule has 1 unspecified atom stereocenters. The third kappa shape index (κ3) is 4.01. The normalized spacial score (nSPS) is 20.7. The van der Waals surface area contributed by atoms with Gasteiger partial charge in [-0.2, -0.15) is 0 Å². The number of amides is 1. The number of non-ortho nitro benzene ring substituents is 1. The number of allylic oxidation sites excluding steroid dienone is 2. The Balaban J connectivity index is 1.80. The maximum absolute atomic E-state index is 13.4. The molecular formula is C23H22N4O4. The number of carbonyl (C=O) groups excluding carboxylic acids is 2. The van der Waals surface area contributed by atoms with Crippen molar-refractivity contribution in [2.75, 3.05) is 5.32 Å². The van der Waals surface area contributed by atoms with Crippen LogP contribution in [0.5, 0.6) is 0 Å². The highest BCUT2D eigenvalue weighted by Gasteiger charge is 2.42. The number of nitro groups is 1. The molecule has 2 heterocycles. The van der Waals surface area contributed by atoms with E-state index in [0.717, 1.165) is 5.69 Å². The second kappa shape index (κ2) is 8.22. The van der Waals surface area contributed by atoms with E-state index < -0.39 is 16.8 Å². The van der Waals surface area contributed by atoms with Gasteiger partial charge >= 0.3 is 0 Å². The molecule has 0 saturated heterocycles. The number of aromatic nitrogens is 1. The number of Topliss-reactive ketones (excluding diaryl/α,β-unsaturated/α-hetero) is 1. The summed E-state index contributed by atoms with van der Waals surface area (Å²) in [6.45, 7) is 3.59. The van der Waals surface area contributed by atoms with E-state index in [-0.39, 0.29) is 17.4 Å². The van der Waals surface area contributed by atoms with Crippen LogP contribution in [0.1, 0.15) is 43.4 Å². The fourth-order valence-electron chi connectivity index (χ4n) is 4.35. The summed E-state index contributed by atoms with van der Waals surface area (Å²) in [6.07, 6.45) is 1.74. The molecule has 1 N–H and O–H groups in total. The lowest BCUT2D eigenvalue weighted by atomic mass is 9.71. The summed E-state index contributed by atoms with van der Waals surface area (Å²) >= 11 is 0. The molecule has 2 atom stereocenters. The number of benzene rings is 1. The summed E-state index contributed by atoms with van der Waals surface area (Å²) in [5.74, 6) is -1.40. The van der Waals surface area contributed by atoms with Crippen LogP contribution in [0.3, 0.4) is 0 Å². The Bertz CT molecular complexity index is 1150. The number of hydrogen-bond donors (Lipinski definition) is 1. The van der Waals surface area contributed by atoms with Crippen molar-refractivity contribution in [3.63, 3.8) is 0 Å². The minimum absolute atomic E-state index is 0.0551. The quantitative estimate of drug-likeness (QED) is 0.592. The fraction of sp³-hybridized carbons (Fsp3) is 0.304. The van der Waals surface area contributed by atoms with E-state index in [1.807, 2.05) is 13.0 Å². The van der Waals surface area contributed by atoms with Crippen LogP contribution in [-0.4, -0.2) is 27.3 Å². The van der Waals surface area contributed by atoms with Gasteiger partial charge in [0, 0.05) is 47.1 Å². The Morgan fingerprint density at radius 2 is 1.94 bits per heavy atom. The van der Waals surface area contributed by atoms with E-state index in [1.165, 1.54) is 12.1 Å². The molecule has 158 valence electrons. The molecule has 1 aliphatic carbocycles. The van der Waals surface area contributed by atoms with E-state index >= 15 is 0 Å². The van der Waals surface area contributed by atoms with Gasteiger partial charge < -0.3 is 5.32 Å². The average Bonchev–Trinajstić information content (AvgIpc) is 2.73. The molecule has 0 bridgehead atoms. The summed E-state index contributed by atoms with van der Waals surface area (Å²) in [5, 5.41) is 14.2. The molecule has 1 amide bonds.